The third-order valence-electron chi connectivity index (χ3n) is 4.24. The highest BCUT2D eigenvalue weighted by molar-refractivity contribution is 5.75. The molecule has 2 saturated heterocycles. The molecule has 2 fully saturated rings. The number of hydrogen-bond donors (Lipinski definition) is 1. The molecule has 110 valence electrons. The fourth-order valence-electron chi connectivity index (χ4n) is 3.04. The van der Waals surface area contributed by atoms with E-state index in [1.54, 1.807) is 11.1 Å². The zero-order valence-electron chi connectivity index (χ0n) is 11.9. The predicted octanol–water partition coefficient (Wildman–Crippen LogP) is 1.14. The van der Waals surface area contributed by atoms with Gasteiger partial charge in [-0.3, -0.25) is 4.98 Å². The van der Waals surface area contributed by atoms with Gasteiger partial charge in [-0.1, -0.05) is 6.07 Å². The summed E-state index contributed by atoms with van der Waals surface area (Å²) in [6.07, 6.45) is 5.73. The number of nitrogens with one attached hydrogen (secondary N) is 1. The molecular formula is C15H19N5O. The van der Waals surface area contributed by atoms with Gasteiger partial charge in [0.05, 0.1) is 6.04 Å². The molecule has 0 aliphatic carbocycles. The van der Waals surface area contributed by atoms with Crippen LogP contribution in [0.4, 0.5) is 4.79 Å². The number of amides is 2. The van der Waals surface area contributed by atoms with E-state index >= 15 is 0 Å². The van der Waals surface area contributed by atoms with Gasteiger partial charge in [-0.15, -0.1) is 0 Å². The molecule has 6 nitrogen and oxygen atoms in total. The second-order valence-corrected chi connectivity index (χ2v) is 5.67. The summed E-state index contributed by atoms with van der Waals surface area (Å²) in [6.45, 7) is 2.84. The van der Waals surface area contributed by atoms with Gasteiger partial charge in [0.25, 0.3) is 0 Å². The summed E-state index contributed by atoms with van der Waals surface area (Å²) in [5, 5.41) is 11.9. The summed E-state index contributed by atoms with van der Waals surface area (Å²) in [7, 11) is 0. The second kappa shape index (κ2) is 6.00. The number of carbonyl (C=O) groups excluding carboxylic acids is 1. The Labute approximate surface area is 124 Å². The molecular weight excluding hydrogens is 266 g/mol. The molecule has 3 heterocycles. The van der Waals surface area contributed by atoms with Crippen LogP contribution in [0.1, 0.15) is 24.5 Å². The lowest BCUT2D eigenvalue weighted by atomic mass is 10.0. The van der Waals surface area contributed by atoms with Crippen molar-refractivity contribution in [1.82, 2.24) is 20.1 Å². The Hall–Kier alpha value is -2.29. The van der Waals surface area contributed by atoms with Gasteiger partial charge < -0.3 is 15.1 Å². The van der Waals surface area contributed by atoms with Gasteiger partial charge in [-0.25, -0.2) is 4.79 Å². The molecule has 0 saturated carbocycles. The largest absolute Gasteiger partial charge is 0.333 e. The lowest BCUT2D eigenvalue weighted by Gasteiger charge is -2.20. The number of nitrogens with zero attached hydrogens (tertiary/aromatic N) is 4. The predicted molar refractivity (Wildman–Crippen MR) is 77.3 cm³/mol. The number of aromatic nitrogens is 1. The zero-order valence-corrected chi connectivity index (χ0v) is 11.9. The number of hydrogen-bond acceptors (Lipinski definition) is 4. The van der Waals surface area contributed by atoms with Gasteiger partial charge in [-0.2, -0.15) is 5.26 Å². The first-order valence-corrected chi connectivity index (χ1v) is 7.37. The molecule has 2 aliphatic rings. The van der Waals surface area contributed by atoms with E-state index < -0.39 is 0 Å². The highest BCUT2D eigenvalue weighted by atomic mass is 16.2. The van der Waals surface area contributed by atoms with E-state index in [0.717, 1.165) is 38.2 Å². The second-order valence-electron chi connectivity index (χ2n) is 5.67. The summed E-state index contributed by atoms with van der Waals surface area (Å²) >= 11 is 0. The number of nitriles is 1. The quantitative estimate of drug-likeness (QED) is 0.827. The smallest absolute Gasteiger partial charge is 0.317 e. The van der Waals surface area contributed by atoms with Crippen molar-refractivity contribution in [3.8, 4) is 6.19 Å². The van der Waals surface area contributed by atoms with Crippen molar-refractivity contribution >= 4 is 6.03 Å². The molecule has 0 bridgehead atoms. The normalized spacial score (nSPS) is 24.9. The third-order valence-corrected chi connectivity index (χ3v) is 4.24. The molecule has 21 heavy (non-hydrogen) atoms. The molecule has 2 atom stereocenters. The Morgan fingerprint density at radius 1 is 1.33 bits per heavy atom. The van der Waals surface area contributed by atoms with Gasteiger partial charge >= 0.3 is 6.03 Å². The van der Waals surface area contributed by atoms with Crippen molar-refractivity contribution in [3.63, 3.8) is 0 Å². The Morgan fingerprint density at radius 3 is 2.95 bits per heavy atom. The maximum absolute atomic E-state index is 12.3. The van der Waals surface area contributed by atoms with Crippen molar-refractivity contribution in [2.45, 2.75) is 24.8 Å². The fourth-order valence-corrected chi connectivity index (χ4v) is 3.04. The standard InChI is InChI=1S/C15H19N5O/c16-11-19-7-5-13(10-19)18-15(21)20-8-4-12(9-20)14-3-1-2-6-17-14/h1-3,6,12-13H,4-5,7-10H2,(H,18,21). The molecule has 2 amide bonds. The van der Waals surface area contributed by atoms with Crippen molar-refractivity contribution in [2.24, 2.45) is 0 Å². The molecule has 1 N–H and O–H groups in total. The average Bonchev–Trinajstić information content (AvgIpc) is 3.17. The van der Waals surface area contributed by atoms with E-state index in [9.17, 15) is 4.79 Å². The minimum atomic E-state index is -0.0155. The number of carbonyl (C=O) groups is 1. The van der Waals surface area contributed by atoms with Crippen molar-refractivity contribution in [2.75, 3.05) is 26.2 Å². The van der Waals surface area contributed by atoms with E-state index in [-0.39, 0.29) is 12.1 Å². The van der Waals surface area contributed by atoms with Gasteiger partial charge in [0, 0.05) is 44.0 Å². The molecule has 1 aromatic heterocycles. The zero-order chi connectivity index (χ0) is 14.7. The number of pyridine rings is 1. The maximum Gasteiger partial charge on any atom is 0.317 e. The van der Waals surface area contributed by atoms with Gasteiger partial charge in [-0.05, 0) is 25.0 Å². The van der Waals surface area contributed by atoms with Gasteiger partial charge in [0.1, 0.15) is 0 Å². The minimum Gasteiger partial charge on any atom is -0.333 e. The van der Waals surface area contributed by atoms with Gasteiger partial charge in [0.15, 0.2) is 6.19 Å². The van der Waals surface area contributed by atoms with Crippen molar-refractivity contribution in [3.05, 3.63) is 30.1 Å². The van der Waals surface area contributed by atoms with E-state index in [0.29, 0.717) is 12.5 Å². The maximum atomic E-state index is 12.3. The highest BCUT2D eigenvalue weighted by Gasteiger charge is 2.30. The number of likely N-dealkylation sites (tertiary alicyclic amines) is 2. The van der Waals surface area contributed by atoms with Crippen LogP contribution in [0.25, 0.3) is 0 Å². The van der Waals surface area contributed by atoms with Crippen LogP contribution in [0.15, 0.2) is 24.4 Å². The molecule has 0 aromatic carbocycles. The summed E-state index contributed by atoms with van der Waals surface area (Å²) < 4.78 is 0. The molecule has 0 radical (unpaired) electrons. The summed E-state index contributed by atoms with van der Waals surface area (Å²) in [4.78, 5) is 20.2. The summed E-state index contributed by atoms with van der Waals surface area (Å²) in [5.41, 5.74) is 1.06. The van der Waals surface area contributed by atoms with E-state index in [1.807, 2.05) is 23.1 Å². The molecule has 1 aromatic rings. The van der Waals surface area contributed by atoms with Crippen LogP contribution in [-0.2, 0) is 0 Å². The van der Waals surface area contributed by atoms with Crippen LogP contribution in [0.5, 0.6) is 0 Å². The average molecular weight is 285 g/mol. The summed E-state index contributed by atoms with van der Waals surface area (Å²) in [6, 6.07) is 5.99. The van der Waals surface area contributed by atoms with Crippen molar-refractivity contribution in [1.29, 1.82) is 5.26 Å². The third kappa shape index (κ3) is 3.07. The van der Waals surface area contributed by atoms with E-state index in [2.05, 4.69) is 16.5 Å². The monoisotopic (exact) mass is 285 g/mol. The lowest BCUT2D eigenvalue weighted by Crippen LogP contribution is -2.44. The van der Waals surface area contributed by atoms with Crippen LogP contribution in [-0.4, -0.2) is 53.0 Å². The molecule has 2 aliphatic heterocycles. The Morgan fingerprint density at radius 2 is 2.24 bits per heavy atom. The van der Waals surface area contributed by atoms with Crippen LogP contribution < -0.4 is 5.32 Å². The molecule has 3 rings (SSSR count). The molecule has 6 heteroatoms. The molecule has 0 spiro atoms. The topological polar surface area (TPSA) is 72.3 Å². The van der Waals surface area contributed by atoms with Crippen LogP contribution >= 0.6 is 0 Å². The van der Waals surface area contributed by atoms with Crippen LogP contribution in [0.3, 0.4) is 0 Å². The molecule has 2 unspecified atom stereocenters. The first kappa shape index (κ1) is 13.7. The Kier molecular flexibility index (Phi) is 3.91. The first-order valence-electron chi connectivity index (χ1n) is 7.37. The van der Waals surface area contributed by atoms with E-state index in [1.165, 1.54) is 0 Å². The Balaban J connectivity index is 1.52. The van der Waals surface area contributed by atoms with Gasteiger partial charge in [0.2, 0.25) is 0 Å². The first-order chi connectivity index (χ1) is 10.3. The number of rotatable bonds is 2. The van der Waals surface area contributed by atoms with Crippen LogP contribution in [0.2, 0.25) is 0 Å². The van der Waals surface area contributed by atoms with E-state index in [4.69, 9.17) is 5.26 Å². The number of urea groups is 1. The van der Waals surface area contributed by atoms with Crippen molar-refractivity contribution < 1.29 is 4.79 Å². The SMILES string of the molecule is N#CN1CCC(NC(=O)N2CCC(c3ccccn3)C2)C1. The summed E-state index contributed by atoms with van der Waals surface area (Å²) in [5.74, 6) is 0.330. The Bertz CT molecular complexity index is 541. The minimum absolute atomic E-state index is 0.0155. The van der Waals surface area contributed by atoms with Crippen LogP contribution in [0, 0.1) is 11.5 Å². The highest BCUT2D eigenvalue weighted by Crippen LogP contribution is 2.25. The fraction of sp³-hybridized carbons (Fsp3) is 0.533. The lowest BCUT2D eigenvalue weighted by molar-refractivity contribution is 0.204.